The first-order chi connectivity index (χ1) is 17.3. The summed E-state index contributed by atoms with van der Waals surface area (Å²) in [6.45, 7) is 0.132. The predicted molar refractivity (Wildman–Crippen MR) is 134 cm³/mol. The third-order valence-corrected chi connectivity index (χ3v) is 6.60. The summed E-state index contributed by atoms with van der Waals surface area (Å²) in [5.74, 6) is -2.51. The van der Waals surface area contributed by atoms with Crippen LogP contribution in [0.2, 0.25) is 0 Å². The molecule has 1 fully saturated rings. The van der Waals surface area contributed by atoms with Gasteiger partial charge in [-0.15, -0.1) is 0 Å². The van der Waals surface area contributed by atoms with Crippen LogP contribution >= 0.6 is 11.8 Å². The number of carboxylic acid groups (broad SMARTS) is 2. The normalized spacial score (nSPS) is 14.7. The fourth-order valence-corrected chi connectivity index (χ4v) is 4.79. The number of imide groups is 1. The molecular formula is C27H17NO7S. The van der Waals surface area contributed by atoms with Gasteiger partial charge in [0, 0.05) is 11.6 Å². The Balaban J connectivity index is 1.41. The van der Waals surface area contributed by atoms with E-state index in [0.717, 1.165) is 34.2 Å². The van der Waals surface area contributed by atoms with E-state index in [4.69, 9.17) is 4.42 Å². The van der Waals surface area contributed by atoms with E-state index in [1.165, 1.54) is 23.1 Å². The highest BCUT2D eigenvalue weighted by molar-refractivity contribution is 8.18. The van der Waals surface area contributed by atoms with Gasteiger partial charge in [-0.25, -0.2) is 9.59 Å². The van der Waals surface area contributed by atoms with Gasteiger partial charge >= 0.3 is 11.9 Å². The number of carboxylic acids is 2. The second-order valence-electron chi connectivity index (χ2n) is 8.02. The van der Waals surface area contributed by atoms with Gasteiger partial charge in [0.15, 0.2) is 0 Å². The molecule has 0 radical (unpaired) electrons. The smallest absolute Gasteiger partial charge is 0.335 e. The maximum atomic E-state index is 13.0. The van der Waals surface area contributed by atoms with E-state index < -0.39 is 23.1 Å². The summed E-state index contributed by atoms with van der Waals surface area (Å²) >= 11 is 0.802. The molecule has 0 bridgehead atoms. The number of nitrogens with zero attached hydrogens (tertiary/aromatic N) is 1. The van der Waals surface area contributed by atoms with Crippen LogP contribution in [0.1, 0.15) is 32.0 Å². The van der Waals surface area contributed by atoms with E-state index >= 15 is 0 Å². The molecule has 1 aromatic heterocycles. The van der Waals surface area contributed by atoms with E-state index in [2.05, 4.69) is 0 Å². The van der Waals surface area contributed by atoms with E-state index in [9.17, 15) is 29.4 Å². The van der Waals surface area contributed by atoms with Gasteiger partial charge in [0.05, 0.1) is 22.6 Å². The highest BCUT2D eigenvalue weighted by Gasteiger charge is 2.35. The topological polar surface area (TPSA) is 125 Å². The molecule has 1 aliphatic heterocycles. The van der Waals surface area contributed by atoms with Crippen LogP contribution in [0.3, 0.4) is 0 Å². The first-order valence-corrected chi connectivity index (χ1v) is 11.6. The lowest BCUT2D eigenvalue weighted by atomic mass is 10.0. The number of amides is 2. The first-order valence-electron chi connectivity index (χ1n) is 10.7. The number of thioether (sulfide) groups is 1. The number of aromatic carboxylic acids is 2. The van der Waals surface area contributed by atoms with Gasteiger partial charge < -0.3 is 14.6 Å². The van der Waals surface area contributed by atoms with Gasteiger partial charge in [-0.2, -0.15) is 0 Å². The maximum Gasteiger partial charge on any atom is 0.335 e. The van der Waals surface area contributed by atoms with Crippen molar-refractivity contribution in [2.75, 3.05) is 0 Å². The fourth-order valence-electron chi connectivity index (χ4n) is 3.97. The molecule has 2 N–H and O–H groups in total. The minimum Gasteiger partial charge on any atom is -0.478 e. The molecule has 2 heterocycles. The third kappa shape index (κ3) is 4.39. The predicted octanol–water partition coefficient (Wildman–Crippen LogP) is 5.73. The summed E-state index contributed by atoms with van der Waals surface area (Å²) in [5, 5.41) is 20.2. The number of rotatable bonds is 6. The Hall–Kier alpha value is -4.63. The highest BCUT2D eigenvalue weighted by atomic mass is 32.2. The van der Waals surface area contributed by atoms with Crippen LogP contribution in [-0.4, -0.2) is 38.2 Å². The summed E-state index contributed by atoms with van der Waals surface area (Å²) in [4.78, 5) is 49.8. The summed E-state index contributed by atoms with van der Waals surface area (Å²) in [5.41, 5.74) is 0.718. The van der Waals surface area contributed by atoms with Crippen LogP contribution in [-0.2, 0) is 11.3 Å². The lowest BCUT2D eigenvalue weighted by Gasteiger charge is -2.14. The molecule has 0 aliphatic carbocycles. The van der Waals surface area contributed by atoms with Crippen molar-refractivity contribution in [1.82, 2.24) is 4.90 Å². The number of benzene rings is 3. The Morgan fingerprint density at radius 2 is 1.58 bits per heavy atom. The standard InChI is InChI=1S/C27H17NO7S/c29-24-23(36-27(34)28(24)14-16-6-3-5-15-4-1-2-7-21(15)16)13-20-8-9-22(35-20)17-10-18(25(30)31)12-19(11-17)26(32)33/h1-13H,14H2,(H,30,31)(H,32,33)/b23-13+. The van der Waals surface area contributed by atoms with Crippen molar-refractivity contribution >= 4 is 51.7 Å². The lowest BCUT2D eigenvalue weighted by molar-refractivity contribution is -0.123. The highest BCUT2D eigenvalue weighted by Crippen LogP contribution is 2.35. The average Bonchev–Trinajstić information content (AvgIpc) is 3.44. The molecule has 0 atom stereocenters. The SMILES string of the molecule is O=C(O)c1cc(C(=O)O)cc(-c2ccc(/C=C3/SC(=O)N(Cc4cccc5ccccc45)C3=O)o2)c1. The summed E-state index contributed by atoms with van der Waals surface area (Å²) in [6.07, 6.45) is 1.44. The summed E-state index contributed by atoms with van der Waals surface area (Å²) < 4.78 is 5.74. The number of fused-ring (bicyclic) bond motifs is 1. The van der Waals surface area contributed by atoms with Crippen molar-refractivity contribution in [3.63, 3.8) is 0 Å². The summed E-state index contributed by atoms with van der Waals surface area (Å²) in [7, 11) is 0. The number of carbonyl (C=O) groups is 4. The van der Waals surface area contributed by atoms with E-state index in [1.54, 1.807) is 12.1 Å². The fraction of sp³-hybridized carbons (Fsp3) is 0.0370. The molecule has 9 heteroatoms. The Morgan fingerprint density at radius 3 is 2.31 bits per heavy atom. The van der Waals surface area contributed by atoms with Crippen LogP contribution in [0, 0.1) is 0 Å². The Labute approximate surface area is 208 Å². The van der Waals surface area contributed by atoms with Crippen molar-refractivity contribution in [1.29, 1.82) is 0 Å². The van der Waals surface area contributed by atoms with Crippen molar-refractivity contribution in [2.24, 2.45) is 0 Å². The quantitative estimate of drug-likeness (QED) is 0.322. The van der Waals surface area contributed by atoms with E-state index in [-0.39, 0.29) is 39.7 Å². The molecule has 3 aromatic carbocycles. The van der Waals surface area contributed by atoms with Crippen molar-refractivity contribution in [3.8, 4) is 11.3 Å². The van der Waals surface area contributed by atoms with Gasteiger partial charge in [-0.3, -0.25) is 14.5 Å². The minimum atomic E-state index is -1.27. The number of hydrogen-bond acceptors (Lipinski definition) is 6. The van der Waals surface area contributed by atoms with Crippen LogP contribution in [0.5, 0.6) is 0 Å². The zero-order chi connectivity index (χ0) is 25.4. The third-order valence-electron chi connectivity index (χ3n) is 5.69. The second-order valence-corrected chi connectivity index (χ2v) is 9.01. The Bertz CT molecular complexity index is 1560. The van der Waals surface area contributed by atoms with Gasteiger partial charge in [0.2, 0.25) is 0 Å². The largest absolute Gasteiger partial charge is 0.478 e. The molecule has 0 saturated carbocycles. The minimum absolute atomic E-state index is 0.132. The van der Waals surface area contributed by atoms with Crippen molar-refractivity contribution in [3.05, 3.63) is 100 Å². The second kappa shape index (κ2) is 9.20. The first kappa shape index (κ1) is 23.1. The summed E-state index contributed by atoms with van der Waals surface area (Å²) in [6, 6.07) is 20.2. The Kier molecular flexibility index (Phi) is 5.91. The van der Waals surface area contributed by atoms with Crippen LogP contribution in [0.25, 0.3) is 28.2 Å². The molecule has 1 saturated heterocycles. The molecule has 178 valence electrons. The van der Waals surface area contributed by atoms with E-state index in [1.807, 2.05) is 42.5 Å². The monoisotopic (exact) mass is 499 g/mol. The van der Waals surface area contributed by atoms with Gasteiger partial charge in [-0.1, -0.05) is 42.5 Å². The number of furan rings is 1. The maximum absolute atomic E-state index is 13.0. The molecule has 2 amide bonds. The molecule has 8 nitrogen and oxygen atoms in total. The molecule has 36 heavy (non-hydrogen) atoms. The van der Waals surface area contributed by atoms with Crippen LogP contribution in [0.15, 0.2) is 82.1 Å². The van der Waals surface area contributed by atoms with Gasteiger partial charge in [0.1, 0.15) is 11.5 Å². The zero-order valence-corrected chi connectivity index (χ0v) is 19.3. The van der Waals surface area contributed by atoms with Crippen molar-refractivity contribution < 1.29 is 33.8 Å². The zero-order valence-electron chi connectivity index (χ0n) is 18.5. The molecule has 1 aliphatic rings. The van der Waals surface area contributed by atoms with Crippen molar-refractivity contribution in [2.45, 2.75) is 6.54 Å². The lowest BCUT2D eigenvalue weighted by Crippen LogP contribution is -2.27. The van der Waals surface area contributed by atoms with Crippen LogP contribution < -0.4 is 0 Å². The molecule has 5 rings (SSSR count). The number of carbonyl (C=O) groups excluding carboxylic acids is 2. The van der Waals surface area contributed by atoms with Gasteiger partial charge in [0.25, 0.3) is 11.1 Å². The molecule has 4 aromatic rings. The average molecular weight is 500 g/mol. The van der Waals surface area contributed by atoms with E-state index in [0.29, 0.717) is 0 Å². The number of hydrogen-bond donors (Lipinski definition) is 2. The molecule has 0 spiro atoms. The Morgan fingerprint density at radius 1 is 0.889 bits per heavy atom. The molecular weight excluding hydrogens is 482 g/mol. The molecule has 0 unspecified atom stereocenters. The van der Waals surface area contributed by atoms with Gasteiger partial charge in [-0.05, 0) is 58.4 Å². The van der Waals surface area contributed by atoms with Crippen LogP contribution in [0.4, 0.5) is 4.79 Å².